The van der Waals surface area contributed by atoms with Crippen LogP contribution in [-0.2, 0) is 19.2 Å². The number of nitrogens with one attached hydrogen (secondary N) is 1. The fraction of sp³-hybridized carbons (Fsp3) is 0.519. The van der Waals surface area contributed by atoms with Gasteiger partial charge in [-0.2, -0.15) is 0 Å². The summed E-state index contributed by atoms with van der Waals surface area (Å²) in [6.45, 7) is 3.95. The summed E-state index contributed by atoms with van der Waals surface area (Å²) in [5.74, 6) is -4.99. The van der Waals surface area contributed by atoms with Crippen LogP contribution in [0.2, 0.25) is 0 Å². The Bertz CT molecular complexity index is 1160. The molecule has 2 bridgehead atoms. The Labute approximate surface area is 203 Å². The molecular weight excluding hydrogens is 446 g/mol. The van der Waals surface area contributed by atoms with E-state index in [-0.39, 0.29) is 36.7 Å². The van der Waals surface area contributed by atoms with Crippen molar-refractivity contribution in [2.75, 3.05) is 13.1 Å². The zero-order valence-corrected chi connectivity index (χ0v) is 20.0. The first-order valence-electron chi connectivity index (χ1n) is 12.6. The van der Waals surface area contributed by atoms with E-state index in [0.717, 1.165) is 18.4 Å². The molecule has 0 radical (unpaired) electrons. The quantitative estimate of drug-likeness (QED) is 0.529. The Hall–Kier alpha value is -3.29. The van der Waals surface area contributed by atoms with Gasteiger partial charge in [0.15, 0.2) is 0 Å². The second kappa shape index (κ2) is 7.35. The van der Waals surface area contributed by atoms with E-state index in [4.69, 9.17) is 0 Å². The van der Waals surface area contributed by atoms with Crippen molar-refractivity contribution >= 4 is 29.5 Å². The number of hydrogen-bond acceptors (Lipinski definition) is 5. The lowest BCUT2D eigenvalue weighted by molar-refractivity contribution is -0.155. The van der Waals surface area contributed by atoms with Crippen molar-refractivity contribution in [2.24, 2.45) is 29.1 Å². The second-order valence-corrected chi connectivity index (χ2v) is 10.4. The predicted octanol–water partition coefficient (Wildman–Crippen LogP) is 1.91. The van der Waals surface area contributed by atoms with Crippen LogP contribution in [0.1, 0.15) is 49.9 Å². The number of likely N-dealkylation sites (tertiary alicyclic amines) is 2. The summed E-state index contributed by atoms with van der Waals surface area (Å²) in [5.41, 5.74) is -0.921. The first-order chi connectivity index (χ1) is 16.8. The highest BCUT2D eigenvalue weighted by atomic mass is 16.2. The summed E-state index contributed by atoms with van der Waals surface area (Å²) in [7, 11) is 0. The van der Waals surface area contributed by atoms with Crippen molar-refractivity contribution in [3.05, 3.63) is 47.5 Å². The Morgan fingerprint density at radius 3 is 1.94 bits per heavy atom. The van der Waals surface area contributed by atoms with Crippen molar-refractivity contribution in [2.45, 2.75) is 45.1 Å². The molecule has 6 aliphatic rings. The van der Waals surface area contributed by atoms with E-state index in [0.29, 0.717) is 18.4 Å². The van der Waals surface area contributed by atoms with Crippen LogP contribution in [0.25, 0.3) is 0 Å². The van der Waals surface area contributed by atoms with Gasteiger partial charge < -0.3 is 5.32 Å². The summed E-state index contributed by atoms with van der Waals surface area (Å²) < 4.78 is 0. The molecule has 4 fully saturated rings. The molecule has 6 atom stereocenters. The van der Waals surface area contributed by atoms with Crippen LogP contribution in [0.3, 0.4) is 0 Å². The van der Waals surface area contributed by atoms with Crippen molar-refractivity contribution in [1.29, 1.82) is 0 Å². The molecule has 1 spiro atoms. The normalized spacial score (nSPS) is 37.3. The summed E-state index contributed by atoms with van der Waals surface area (Å²) in [4.78, 5) is 71.3. The van der Waals surface area contributed by atoms with E-state index in [1.807, 2.05) is 6.08 Å². The molecule has 8 heteroatoms. The average Bonchev–Trinajstić information content (AvgIpc) is 3.30. The fourth-order valence-electron chi connectivity index (χ4n) is 8.03. The first kappa shape index (κ1) is 22.2. The van der Waals surface area contributed by atoms with Gasteiger partial charge in [-0.15, -0.1) is 0 Å². The number of hydrogen-bond donors (Lipinski definition) is 1. The minimum Gasteiger partial charge on any atom is -0.341 e. The van der Waals surface area contributed by atoms with Gasteiger partial charge in [0.25, 0.3) is 5.91 Å². The molecule has 2 unspecified atom stereocenters. The number of amides is 5. The van der Waals surface area contributed by atoms with Crippen molar-refractivity contribution in [3.63, 3.8) is 0 Å². The SMILES string of the molecule is CCN1C(=O)[C@@H]2[C@H](C1=O)C1(NC(=O)c3ccccc3)C=C3CCCCC32[C@H]2C(=O)N(CC)C(=O)[C@H]21. The summed E-state index contributed by atoms with van der Waals surface area (Å²) in [6, 6.07) is 8.64. The third-order valence-electron chi connectivity index (χ3n) is 9.23. The number of nitrogens with zero attached hydrogens (tertiary/aromatic N) is 2. The van der Waals surface area contributed by atoms with Crippen LogP contribution in [0, 0.1) is 29.1 Å². The monoisotopic (exact) mass is 475 g/mol. The van der Waals surface area contributed by atoms with Gasteiger partial charge in [-0.3, -0.25) is 33.8 Å². The number of allylic oxidation sites excluding steroid dienone is 1. The van der Waals surface area contributed by atoms with E-state index < -0.39 is 40.5 Å². The summed E-state index contributed by atoms with van der Waals surface area (Å²) >= 11 is 0. The number of carbonyl (C=O) groups is 5. The minimum atomic E-state index is -1.43. The number of rotatable bonds is 4. The van der Waals surface area contributed by atoms with Crippen LogP contribution >= 0.6 is 0 Å². The molecule has 5 amide bonds. The Balaban J connectivity index is 1.62. The van der Waals surface area contributed by atoms with Crippen LogP contribution in [0.15, 0.2) is 42.0 Å². The minimum absolute atomic E-state index is 0.219. The van der Waals surface area contributed by atoms with Crippen LogP contribution in [-0.4, -0.2) is 58.0 Å². The maximum atomic E-state index is 13.8. The zero-order chi connectivity index (χ0) is 24.7. The Kier molecular flexibility index (Phi) is 4.66. The topological polar surface area (TPSA) is 104 Å². The van der Waals surface area contributed by atoms with Gasteiger partial charge in [-0.05, 0) is 45.2 Å². The molecule has 4 aliphatic carbocycles. The standard InChI is InChI=1S/C27H29N3O5/c1-3-29-22(32)17-19(24(29)34)27(28-21(31)15-10-6-5-7-11-15)14-16-12-8-9-13-26(16,17)18-20(27)25(35)30(4-2)23(18)33/h5-7,10-11,14,17-20H,3-4,8-9,12-13H2,1-2H3,(H,28,31)/t17-,18+,19+,20-,26?,27?. The largest absolute Gasteiger partial charge is 0.341 e. The summed E-state index contributed by atoms with van der Waals surface area (Å²) in [6.07, 6.45) is 4.94. The molecule has 35 heavy (non-hydrogen) atoms. The molecule has 1 N–H and O–H groups in total. The van der Waals surface area contributed by atoms with Crippen molar-refractivity contribution < 1.29 is 24.0 Å². The lowest BCUT2D eigenvalue weighted by Gasteiger charge is -2.63. The smallest absolute Gasteiger partial charge is 0.252 e. The highest BCUT2D eigenvalue weighted by Gasteiger charge is 2.80. The van der Waals surface area contributed by atoms with Crippen molar-refractivity contribution in [1.82, 2.24) is 15.1 Å². The average molecular weight is 476 g/mol. The molecule has 2 saturated heterocycles. The molecule has 1 aromatic carbocycles. The fourth-order valence-corrected chi connectivity index (χ4v) is 8.03. The third kappa shape index (κ3) is 2.50. The van der Waals surface area contributed by atoms with Crippen molar-refractivity contribution in [3.8, 4) is 0 Å². The Morgan fingerprint density at radius 2 is 1.40 bits per heavy atom. The molecule has 2 heterocycles. The summed E-state index contributed by atoms with van der Waals surface area (Å²) in [5, 5.41) is 3.09. The maximum Gasteiger partial charge on any atom is 0.252 e. The highest BCUT2D eigenvalue weighted by molar-refractivity contribution is 6.13. The van der Waals surface area contributed by atoms with Gasteiger partial charge >= 0.3 is 0 Å². The predicted molar refractivity (Wildman–Crippen MR) is 124 cm³/mol. The van der Waals surface area contributed by atoms with Crippen LogP contribution in [0.4, 0.5) is 0 Å². The Morgan fingerprint density at radius 1 is 0.857 bits per heavy atom. The second-order valence-electron chi connectivity index (χ2n) is 10.4. The van der Waals surface area contributed by atoms with E-state index in [1.165, 1.54) is 9.80 Å². The number of benzene rings is 1. The van der Waals surface area contributed by atoms with Gasteiger partial charge in [0.1, 0.15) is 0 Å². The number of carbonyl (C=O) groups excluding carboxylic acids is 5. The van der Waals surface area contributed by atoms with E-state index in [1.54, 1.807) is 44.2 Å². The molecule has 2 saturated carbocycles. The molecule has 8 nitrogen and oxygen atoms in total. The van der Waals surface area contributed by atoms with Gasteiger partial charge in [-0.25, -0.2) is 0 Å². The number of imide groups is 2. The van der Waals surface area contributed by atoms with Crippen LogP contribution in [0.5, 0.6) is 0 Å². The van der Waals surface area contributed by atoms with Gasteiger partial charge in [0.2, 0.25) is 23.6 Å². The third-order valence-corrected chi connectivity index (χ3v) is 9.23. The molecule has 0 aromatic heterocycles. The van der Waals surface area contributed by atoms with E-state index in [2.05, 4.69) is 5.32 Å². The molecular formula is C27H29N3O5. The molecule has 182 valence electrons. The highest BCUT2D eigenvalue weighted by Crippen LogP contribution is 2.71. The lowest BCUT2D eigenvalue weighted by atomic mass is 9.39. The lowest BCUT2D eigenvalue weighted by Crippen LogP contribution is -2.74. The molecule has 1 aromatic rings. The van der Waals surface area contributed by atoms with Gasteiger partial charge in [-0.1, -0.05) is 36.3 Å². The maximum absolute atomic E-state index is 13.8. The zero-order valence-electron chi connectivity index (χ0n) is 20.0. The van der Waals surface area contributed by atoms with E-state index in [9.17, 15) is 24.0 Å². The van der Waals surface area contributed by atoms with Crippen LogP contribution < -0.4 is 5.32 Å². The molecule has 2 aliphatic heterocycles. The van der Waals surface area contributed by atoms with E-state index >= 15 is 0 Å². The molecule has 7 rings (SSSR count). The first-order valence-corrected chi connectivity index (χ1v) is 12.6. The van der Waals surface area contributed by atoms with Gasteiger partial charge in [0, 0.05) is 24.1 Å². The van der Waals surface area contributed by atoms with Gasteiger partial charge in [0.05, 0.1) is 29.2 Å².